The SMILES string of the molecule is Cc1ccc(S(=O)(=O)CCC(=O)N2CCOC(C)C2)cc1. The van der Waals surface area contributed by atoms with Crippen molar-refractivity contribution < 1.29 is 17.9 Å². The van der Waals surface area contributed by atoms with Crippen LogP contribution in [0.3, 0.4) is 0 Å². The molecule has 0 aliphatic carbocycles. The number of aryl methyl sites for hydroxylation is 1. The van der Waals surface area contributed by atoms with E-state index in [1.807, 2.05) is 13.8 Å². The number of carbonyl (C=O) groups excluding carboxylic acids is 1. The predicted octanol–water partition coefficient (Wildman–Crippen LogP) is 1.41. The van der Waals surface area contributed by atoms with Gasteiger partial charge in [0.1, 0.15) is 0 Å². The lowest BCUT2D eigenvalue weighted by Crippen LogP contribution is -2.44. The first-order chi connectivity index (χ1) is 9.88. The van der Waals surface area contributed by atoms with Crippen LogP contribution in [0.25, 0.3) is 0 Å². The molecule has 2 rings (SSSR count). The van der Waals surface area contributed by atoms with Crippen molar-refractivity contribution in [3.05, 3.63) is 29.8 Å². The average Bonchev–Trinajstić information content (AvgIpc) is 2.45. The van der Waals surface area contributed by atoms with E-state index in [9.17, 15) is 13.2 Å². The van der Waals surface area contributed by atoms with Crippen LogP contribution in [0, 0.1) is 6.92 Å². The fraction of sp³-hybridized carbons (Fsp3) is 0.533. The van der Waals surface area contributed by atoms with Gasteiger partial charge in [0.25, 0.3) is 0 Å². The summed E-state index contributed by atoms with van der Waals surface area (Å²) in [4.78, 5) is 14.0. The number of hydrogen-bond donors (Lipinski definition) is 0. The molecule has 1 unspecified atom stereocenters. The Balaban J connectivity index is 1.95. The Labute approximate surface area is 125 Å². The normalized spacial score (nSPS) is 19.5. The Kier molecular flexibility index (Phi) is 5.00. The third-order valence-electron chi connectivity index (χ3n) is 3.56. The van der Waals surface area contributed by atoms with Crippen molar-refractivity contribution in [2.45, 2.75) is 31.3 Å². The van der Waals surface area contributed by atoms with Gasteiger partial charge in [-0.2, -0.15) is 0 Å². The quantitative estimate of drug-likeness (QED) is 0.843. The molecule has 5 nitrogen and oxygen atoms in total. The molecule has 1 saturated heterocycles. The molecular formula is C15H21NO4S. The maximum atomic E-state index is 12.2. The monoisotopic (exact) mass is 311 g/mol. The predicted molar refractivity (Wildman–Crippen MR) is 79.8 cm³/mol. The van der Waals surface area contributed by atoms with Gasteiger partial charge >= 0.3 is 0 Å². The Hall–Kier alpha value is -1.40. The fourth-order valence-electron chi connectivity index (χ4n) is 2.29. The van der Waals surface area contributed by atoms with Crippen molar-refractivity contribution in [2.24, 2.45) is 0 Å². The summed E-state index contributed by atoms with van der Waals surface area (Å²) in [5.41, 5.74) is 1.01. The second-order valence-corrected chi connectivity index (χ2v) is 7.51. The molecule has 1 aliphatic heterocycles. The van der Waals surface area contributed by atoms with Gasteiger partial charge in [-0.3, -0.25) is 4.79 Å². The third-order valence-corrected chi connectivity index (χ3v) is 5.29. The smallest absolute Gasteiger partial charge is 0.223 e. The molecular weight excluding hydrogens is 290 g/mol. The minimum atomic E-state index is -3.40. The molecule has 0 bridgehead atoms. The van der Waals surface area contributed by atoms with Gasteiger partial charge in [-0.15, -0.1) is 0 Å². The second kappa shape index (κ2) is 6.58. The van der Waals surface area contributed by atoms with Crippen LogP contribution >= 0.6 is 0 Å². The van der Waals surface area contributed by atoms with Crippen LogP contribution in [-0.4, -0.2) is 50.8 Å². The average molecular weight is 311 g/mol. The molecule has 116 valence electrons. The fourth-order valence-corrected chi connectivity index (χ4v) is 3.52. The van der Waals surface area contributed by atoms with Gasteiger partial charge < -0.3 is 9.64 Å². The molecule has 0 spiro atoms. The number of benzene rings is 1. The topological polar surface area (TPSA) is 63.7 Å². The molecule has 1 atom stereocenters. The lowest BCUT2D eigenvalue weighted by molar-refractivity contribution is -0.137. The largest absolute Gasteiger partial charge is 0.375 e. The second-order valence-electron chi connectivity index (χ2n) is 5.40. The highest BCUT2D eigenvalue weighted by Crippen LogP contribution is 2.14. The van der Waals surface area contributed by atoms with Gasteiger partial charge in [-0.1, -0.05) is 17.7 Å². The van der Waals surface area contributed by atoms with Crippen LogP contribution in [0.4, 0.5) is 0 Å². The highest BCUT2D eigenvalue weighted by molar-refractivity contribution is 7.91. The molecule has 1 fully saturated rings. The number of carbonyl (C=O) groups is 1. The van der Waals surface area contributed by atoms with E-state index in [1.165, 1.54) is 0 Å². The van der Waals surface area contributed by atoms with Gasteiger partial charge in [0, 0.05) is 19.5 Å². The van der Waals surface area contributed by atoms with Crippen LogP contribution in [0.15, 0.2) is 29.2 Å². The van der Waals surface area contributed by atoms with Crippen LogP contribution < -0.4 is 0 Å². The summed E-state index contributed by atoms with van der Waals surface area (Å²) in [6, 6.07) is 6.70. The summed E-state index contributed by atoms with van der Waals surface area (Å²) in [5.74, 6) is -0.276. The van der Waals surface area contributed by atoms with Gasteiger partial charge in [-0.05, 0) is 26.0 Å². The molecule has 1 aromatic rings. The maximum absolute atomic E-state index is 12.2. The van der Waals surface area contributed by atoms with Crippen molar-refractivity contribution >= 4 is 15.7 Å². The first-order valence-electron chi connectivity index (χ1n) is 7.07. The van der Waals surface area contributed by atoms with Gasteiger partial charge in [0.05, 0.1) is 23.4 Å². The number of ether oxygens (including phenoxy) is 1. The minimum Gasteiger partial charge on any atom is -0.375 e. The number of morpholine rings is 1. The third kappa shape index (κ3) is 4.28. The Morgan fingerprint density at radius 2 is 2.00 bits per heavy atom. The van der Waals surface area contributed by atoms with Gasteiger partial charge in [0.2, 0.25) is 5.91 Å². The molecule has 1 amide bonds. The summed E-state index contributed by atoms with van der Waals surface area (Å²) in [6.45, 7) is 5.39. The first kappa shape index (κ1) is 16.0. The number of hydrogen-bond acceptors (Lipinski definition) is 4. The molecule has 1 heterocycles. The van der Waals surface area contributed by atoms with Crippen molar-refractivity contribution in [3.63, 3.8) is 0 Å². The number of rotatable bonds is 4. The Morgan fingerprint density at radius 1 is 1.33 bits per heavy atom. The Morgan fingerprint density at radius 3 is 2.62 bits per heavy atom. The summed E-state index contributed by atoms with van der Waals surface area (Å²) in [7, 11) is -3.40. The Bertz CT molecular complexity index is 595. The van der Waals surface area contributed by atoms with E-state index in [0.29, 0.717) is 19.7 Å². The molecule has 0 saturated carbocycles. The number of amides is 1. The molecule has 1 aromatic carbocycles. The number of sulfone groups is 1. The molecule has 0 aromatic heterocycles. The molecule has 0 N–H and O–H groups in total. The van der Waals surface area contributed by atoms with Crippen LogP contribution in [0.5, 0.6) is 0 Å². The van der Waals surface area contributed by atoms with Crippen molar-refractivity contribution in [1.29, 1.82) is 0 Å². The van der Waals surface area contributed by atoms with Crippen LogP contribution in [-0.2, 0) is 19.4 Å². The van der Waals surface area contributed by atoms with Crippen molar-refractivity contribution in [2.75, 3.05) is 25.4 Å². The zero-order valence-electron chi connectivity index (χ0n) is 12.4. The first-order valence-corrected chi connectivity index (χ1v) is 8.72. The van der Waals surface area contributed by atoms with E-state index in [-0.39, 0.29) is 29.1 Å². The zero-order chi connectivity index (χ0) is 15.5. The van der Waals surface area contributed by atoms with E-state index in [4.69, 9.17) is 4.74 Å². The summed E-state index contributed by atoms with van der Waals surface area (Å²) in [6.07, 6.45) is 0.0274. The molecule has 6 heteroatoms. The highest BCUT2D eigenvalue weighted by atomic mass is 32.2. The zero-order valence-corrected chi connectivity index (χ0v) is 13.2. The van der Waals surface area contributed by atoms with Gasteiger partial charge in [-0.25, -0.2) is 8.42 Å². The van der Waals surface area contributed by atoms with E-state index < -0.39 is 9.84 Å². The van der Waals surface area contributed by atoms with Crippen molar-refractivity contribution in [3.8, 4) is 0 Å². The summed E-state index contributed by atoms with van der Waals surface area (Å²) >= 11 is 0. The van der Waals surface area contributed by atoms with E-state index in [2.05, 4.69) is 0 Å². The maximum Gasteiger partial charge on any atom is 0.223 e. The standard InChI is InChI=1S/C15H21NO4S/c1-12-3-5-14(6-4-12)21(18,19)10-7-15(17)16-8-9-20-13(2)11-16/h3-6,13H,7-11H2,1-2H3. The summed E-state index contributed by atoms with van der Waals surface area (Å²) < 4.78 is 29.8. The lowest BCUT2D eigenvalue weighted by atomic mass is 10.2. The number of nitrogens with zero attached hydrogens (tertiary/aromatic N) is 1. The van der Waals surface area contributed by atoms with E-state index in [0.717, 1.165) is 5.56 Å². The molecule has 1 aliphatic rings. The van der Waals surface area contributed by atoms with E-state index >= 15 is 0 Å². The highest BCUT2D eigenvalue weighted by Gasteiger charge is 2.23. The summed E-state index contributed by atoms with van der Waals surface area (Å²) in [5, 5.41) is 0. The molecule has 21 heavy (non-hydrogen) atoms. The van der Waals surface area contributed by atoms with Crippen LogP contribution in [0.2, 0.25) is 0 Å². The van der Waals surface area contributed by atoms with Crippen LogP contribution in [0.1, 0.15) is 18.9 Å². The van der Waals surface area contributed by atoms with Gasteiger partial charge in [0.15, 0.2) is 9.84 Å². The molecule has 0 radical (unpaired) electrons. The van der Waals surface area contributed by atoms with Crippen molar-refractivity contribution in [1.82, 2.24) is 4.90 Å². The van der Waals surface area contributed by atoms with E-state index in [1.54, 1.807) is 29.2 Å². The minimum absolute atomic E-state index is 0.0106. The lowest BCUT2D eigenvalue weighted by Gasteiger charge is -2.31.